The number of benzene rings is 1. The summed E-state index contributed by atoms with van der Waals surface area (Å²) in [5.41, 5.74) is 0.988. The summed E-state index contributed by atoms with van der Waals surface area (Å²) in [7, 11) is -3.57. The highest BCUT2D eigenvalue weighted by atomic mass is 32.2. The minimum Gasteiger partial charge on any atom is -0.349 e. The molecule has 2 aliphatic heterocycles. The van der Waals surface area contributed by atoms with Crippen molar-refractivity contribution in [2.75, 3.05) is 26.2 Å². The zero-order valence-corrected chi connectivity index (χ0v) is 20.5. The first-order valence-corrected chi connectivity index (χ1v) is 13.3. The number of nitrogens with one attached hydrogen (secondary N) is 1. The Hall–Kier alpha value is -2.78. The third kappa shape index (κ3) is 5.47. The van der Waals surface area contributed by atoms with Crippen LogP contribution in [-0.2, 0) is 10.0 Å². The molecule has 2 aliphatic rings. The molecule has 1 aromatic carbocycles. The van der Waals surface area contributed by atoms with Crippen LogP contribution >= 0.6 is 0 Å². The quantitative estimate of drug-likeness (QED) is 0.704. The van der Waals surface area contributed by atoms with E-state index in [0.717, 1.165) is 6.42 Å². The maximum atomic E-state index is 13.1. The lowest BCUT2D eigenvalue weighted by molar-refractivity contribution is 0.0698. The van der Waals surface area contributed by atoms with Crippen molar-refractivity contribution in [3.63, 3.8) is 0 Å². The Bertz CT molecular complexity index is 1100. The van der Waals surface area contributed by atoms with Gasteiger partial charge in [0, 0.05) is 50.2 Å². The number of pyridine rings is 1. The summed E-state index contributed by atoms with van der Waals surface area (Å²) < 4.78 is 27.7. The summed E-state index contributed by atoms with van der Waals surface area (Å²) in [5, 5.41) is 3.01. The number of likely N-dealkylation sites (tertiary alicyclic amines) is 1. The summed E-state index contributed by atoms with van der Waals surface area (Å²) >= 11 is 0. The van der Waals surface area contributed by atoms with E-state index in [2.05, 4.69) is 24.1 Å². The van der Waals surface area contributed by atoms with E-state index in [0.29, 0.717) is 62.0 Å². The number of hydrogen-bond acceptors (Lipinski definition) is 5. The molecule has 0 spiro atoms. The van der Waals surface area contributed by atoms with Crippen LogP contribution < -0.4 is 5.32 Å². The highest BCUT2D eigenvalue weighted by Gasteiger charge is 2.32. The molecule has 182 valence electrons. The second kappa shape index (κ2) is 10.2. The molecule has 2 aromatic rings. The van der Waals surface area contributed by atoms with Gasteiger partial charge in [0.2, 0.25) is 10.0 Å². The Morgan fingerprint density at radius 2 is 1.62 bits per heavy atom. The number of carbonyl (C=O) groups is 2. The molecule has 2 saturated heterocycles. The summed E-state index contributed by atoms with van der Waals surface area (Å²) in [4.78, 5) is 31.2. The largest absolute Gasteiger partial charge is 0.349 e. The van der Waals surface area contributed by atoms with Gasteiger partial charge in [0.1, 0.15) is 0 Å². The summed E-state index contributed by atoms with van der Waals surface area (Å²) in [5.74, 6) is 0.376. The molecule has 0 radical (unpaired) electrons. The van der Waals surface area contributed by atoms with Gasteiger partial charge in [-0.15, -0.1) is 0 Å². The van der Waals surface area contributed by atoms with E-state index < -0.39 is 10.0 Å². The van der Waals surface area contributed by atoms with Crippen molar-refractivity contribution in [2.24, 2.45) is 11.8 Å². The standard InChI is InChI=1S/C25H32N4O4S/c1-18-14-19(2)17-29(16-18)34(32,33)23-7-5-20(6-8-23)25(31)28-12-9-22(10-13-28)27-24(30)21-4-3-11-26-15-21/h3-8,11,15,18-19,22H,9-10,12-14,16-17H2,1-2H3,(H,27,30). The van der Waals surface area contributed by atoms with Crippen molar-refractivity contribution < 1.29 is 18.0 Å². The number of hydrogen-bond donors (Lipinski definition) is 1. The molecule has 2 fully saturated rings. The second-order valence-corrected chi connectivity index (χ2v) is 11.5. The topological polar surface area (TPSA) is 99.7 Å². The molecule has 9 heteroatoms. The predicted molar refractivity (Wildman–Crippen MR) is 129 cm³/mol. The van der Waals surface area contributed by atoms with Crippen LogP contribution in [0.5, 0.6) is 0 Å². The first kappa shape index (κ1) is 24.3. The van der Waals surface area contributed by atoms with E-state index in [1.54, 1.807) is 39.7 Å². The average molecular weight is 485 g/mol. The van der Waals surface area contributed by atoms with E-state index in [1.807, 2.05) is 0 Å². The second-order valence-electron chi connectivity index (χ2n) is 9.57. The SMILES string of the molecule is CC1CC(C)CN(S(=O)(=O)c2ccc(C(=O)N3CCC(NC(=O)c4cccnc4)CC3)cc2)C1. The van der Waals surface area contributed by atoms with Crippen molar-refractivity contribution in [1.29, 1.82) is 0 Å². The van der Waals surface area contributed by atoms with Crippen molar-refractivity contribution in [1.82, 2.24) is 19.5 Å². The maximum absolute atomic E-state index is 13.1. The van der Waals surface area contributed by atoms with Crippen molar-refractivity contribution >= 4 is 21.8 Å². The van der Waals surface area contributed by atoms with Gasteiger partial charge in [-0.05, 0) is 67.5 Å². The van der Waals surface area contributed by atoms with Gasteiger partial charge in [-0.1, -0.05) is 13.8 Å². The number of aromatic nitrogens is 1. The van der Waals surface area contributed by atoms with E-state index in [9.17, 15) is 18.0 Å². The van der Waals surface area contributed by atoms with Gasteiger partial charge >= 0.3 is 0 Å². The number of rotatable bonds is 5. The number of amides is 2. The predicted octanol–water partition coefficient (Wildman–Crippen LogP) is 2.78. The molecular weight excluding hydrogens is 452 g/mol. The van der Waals surface area contributed by atoms with Gasteiger partial charge in [-0.2, -0.15) is 4.31 Å². The van der Waals surface area contributed by atoms with Crippen molar-refractivity contribution in [2.45, 2.75) is 44.0 Å². The summed E-state index contributed by atoms with van der Waals surface area (Å²) in [6, 6.07) is 9.71. The number of carbonyl (C=O) groups excluding carboxylic acids is 2. The van der Waals surface area contributed by atoms with Gasteiger partial charge in [0.15, 0.2) is 0 Å². The van der Waals surface area contributed by atoms with Gasteiger partial charge < -0.3 is 10.2 Å². The smallest absolute Gasteiger partial charge is 0.253 e. The van der Waals surface area contributed by atoms with E-state index in [1.165, 1.54) is 18.3 Å². The van der Waals surface area contributed by atoms with Crippen LogP contribution in [0.3, 0.4) is 0 Å². The fraction of sp³-hybridized carbons (Fsp3) is 0.480. The van der Waals surface area contributed by atoms with Gasteiger partial charge in [-0.3, -0.25) is 14.6 Å². The molecule has 1 aromatic heterocycles. The van der Waals surface area contributed by atoms with Crippen LogP contribution in [0.2, 0.25) is 0 Å². The van der Waals surface area contributed by atoms with E-state index in [4.69, 9.17) is 0 Å². The number of piperidine rings is 2. The molecule has 2 amide bonds. The lowest BCUT2D eigenvalue weighted by atomic mass is 9.94. The van der Waals surface area contributed by atoms with E-state index >= 15 is 0 Å². The lowest BCUT2D eigenvalue weighted by Crippen LogP contribution is -2.46. The molecule has 0 aliphatic carbocycles. The molecule has 34 heavy (non-hydrogen) atoms. The fourth-order valence-corrected chi connectivity index (χ4v) is 6.58. The molecular formula is C25H32N4O4S. The zero-order chi connectivity index (χ0) is 24.3. The first-order valence-electron chi connectivity index (χ1n) is 11.8. The monoisotopic (exact) mass is 484 g/mol. The zero-order valence-electron chi connectivity index (χ0n) is 19.7. The van der Waals surface area contributed by atoms with Crippen LogP contribution in [0.25, 0.3) is 0 Å². The molecule has 8 nitrogen and oxygen atoms in total. The molecule has 0 bridgehead atoms. The van der Waals surface area contributed by atoms with Gasteiger partial charge in [0.05, 0.1) is 10.5 Å². The molecule has 2 atom stereocenters. The van der Waals surface area contributed by atoms with Crippen LogP contribution in [-0.4, -0.2) is 66.6 Å². The highest BCUT2D eigenvalue weighted by molar-refractivity contribution is 7.89. The molecule has 0 saturated carbocycles. The minimum absolute atomic E-state index is 0.00130. The van der Waals surface area contributed by atoms with Crippen LogP contribution in [0.15, 0.2) is 53.7 Å². The number of sulfonamides is 1. The molecule has 1 N–H and O–H groups in total. The maximum Gasteiger partial charge on any atom is 0.253 e. The molecule has 3 heterocycles. The van der Waals surface area contributed by atoms with Crippen LogP contribution in [0.4, 0.5) is 0 Å². The third-order valence-electron chi connectivity index (χ3n) is 6.62. The normalized spacial score (nSPS) is 22.4. The minimum atomic E-state index is -3.57. The Morgan fingerprint density at radius 1 is 0.971 bits per heavy atom. The average Bonchev–Trinajstić information content (AvgIpc) is 2.84. The lowest BCUT2D eigenvalue weighted by Gasteiger charge is -2.34. The fourth-order valence-electron chi connectivity index (χ4n) is 4.90. The summed E-state index contributed by atoms with van der Waals surface area (Å²) in [6.07, 6.45) is 5.51. The number of nitrogens with zero attached hydrogens (tertiary/aromatic N) is 3. The summed E-state index contributed by atoms with van der Waals surface area (Å²) in [6.45, 7) is 6.26. The van der Waals surface area contributed by atoms with E-state index in [-0.39, 0.29) is 22.8 Å². The van der Waals surface area contributed by atoms with Crippen molar-refractivity contribution in [3.05, 3.63) is 59.9 Å². The highest BCUT2D eigenvalue weighted by Crippen LogP contribution is 2.27. The Labute approximate surface area is 201 Å². The van der Waals surface area contributed by atoms with Gasteiger partial charge in [-0.25, -0.2) is 8.42 Å². The Morgan fingerprint density at radius 3 is 2.21 bits per heavy atom. The van der Waals surface area contributed by atoms with Crippen LogP contribution in [0, 0.1) is 11.8 Å². The first-order chi connectivity index (χ1) is 16.2. The third-order valence-corrected chi connectivity index (χ3v) is 8.46. The van der Waals surface area contributed by atoms with Gasteiger partial charge in [0.25, 0.3) is 11.8 Å². The Balaban J connectivity index is 1.34. The molecule has 4 rings (SSSR count). The Kier molecular flexibility index (Phi) is 7.33. The molecule has 2 unspecified atom stereocenters. The van der Waals surface area contributed by atoms with Crippen molar-refractivity contribution in [3.8, 4) is 0 Å². The van der Waals surface area contributed by atoms with Crippen LogP contribution in [0.1, 0.15) is 53.8 Å².